The van der Waals surface area contributed by atoms with Crippen molar-refractivity contribution in [1.82, 2.24) is 10.3 Å². The van der Waals surface area contributed by atoms with E-state index in [0.29, 0.717) is 11.4 Å². The standard InChI is InChI=1S/C15H17N3O3/c1-21-12-6-4-11(5-7-12)18-14-13(3-2-8-16-14)15(20)17-9-10-19/h2-8,19H,9-10H2,1H3,(H,16,18)(H,17,20). The van der Waals surface area contributed by atoms with Gasteiger partial charge in [0.05, 0.1) is 19.3 Å². The van der Waals surface area contributed by atoms with Crippen molar-refractivity contribution in [2.75, 3.05) is 25.6 Å². The minimum Gasteiger partial charge on any atom is -0.497 e. The Bertz CT molecular complexity index is 599. The lowest BCUT2D eigenvalue weighted by Crippen LogP contribution is -2.27. The SMILES string of the molecule is COc1ccc(Nc2ncccc2C(=O)NCCO)cc1. The van der Waals surface area contributed by atoms with E-state index in [1.165, 1.54) is 0 Å². The van der Waals surface area contributed by atoms with Gasteiger partial charge in [-0.3, -0.25) is 4.79 Å². The van der Waals surface area contributed by atoms with Crippen LogP contribution in [0, 0.1) is 0 Å². The van der Waals surface area contributed by atoms with Crippen LogP contribution in [-0.2, 0) is 0 Å². The lowest BCUT2D eigenvalue weighted by atomic mass is 10.2. The molecule has 2 aromatic rings. The fourth-order valence-corrected chi connectivity index (χ4v) is 1.76. The lowest BCUT2D eigenvalue weighted by Gasteiger charge is -2.11. The van der Waals surface area contributed by atoms with Crippen LogP contribution in [0.3, 0.4) is 0 Å². The summed E-state index contributed by atoms with van der Waals surface area (Å²) in [5.41, 5.74) is 1.22. The van der Waals surface area contributed by atoms with Gasteiger partial charge in [-0.2, -0.15) is 0 Å². The molecule has 0 saturated heterocycles. The third kappa shape index (κ3) is 3.93. The van der Waals surface area contributed by atoms with Gasteiger partial charge in [0.1, 0.15) is 11.6 Å². The molecule has 0 fully saturated rings. The maximum Gasteiger partial charge on any atom is 0.255 e. The van der Waals surface area contributed by atoms with E-state index in [9.17, 15) is 4.79 Å². The van der Waals surface area contributed by atoms with Gasteiger partial charge in [-0.05, 0) is 36.4 Å². The summed E-state index contributed by atoms with van der Waals surface area (Å²) in [6.45, 7) is 0.100. The second-order valence-electron chi connectivity index (χ2n) is 4.23. The molecule has 0 aliphatic rings. The summed E-state index contributed by atoms with van der Waals surface area (Å²) in [5.74, 6) is 0.925. The largest absolute Gasteiger partial charge is 0.497 e. The molecule has 6 nitrogen and oxygen atoms in total. The zero-order valence-electron chi connectivity index (χ0n) is 11.7. The van der Waals surface area contributed by atoms with Crippen molar-refractivity contribution in [2.45, 2.75) is 0 Å². The molecular formula is C15H17N3O3. The Balaban J connectivity index is 2.17. The number of rotatable bonds is 6. The van der Waals surface area contributed by atoms with Crippen LogP contribution < -0.4 is 15.4 Å². The molecule has 0 aliphatic carbocycles. The normalized spacial score (nSPS) is 10.0. The quantitative estimate of drug-likeness (QED) is 0.751. The zero-order chi connectivity index (χ0) is 15.1. The summed E-state index contributed by atoms with van der Waals surface area (Å²) >= 11 is 0. The maximum absolute atomic E-state index is 12.0. The number of aliphatic hydroxyl groups is 1. The van der Waals surface area contributed by atoms with Crippen LogP contribution in [0.4, 0.5) is 11.5 Å². The maximum atomic E-state index is 12.0. The van der Waals surface area contributed by atoms with Gasteiger partial charge in [0.25, 0.3) is 5.91 Å². The highest BCUT2D eigenvalue weighted by Crippen LogP contribution is 2.21. The van der Waals surface area contributed by atoms with Gasteiger partial charge < -0.3 is 20.5 Å². The molecular weight excluding hydrogens is 270 g/mol. The van der Waals surface area contributed by atoms with Gasteiger partial charge in [-0.15, -0.1) is 0 Å². The summed E-state index contributed by atoms with van der Waals surface area (Å²) in [7, 11) is 1.60. The number of hydrogen-bond acceptors (Lipinski definition) is 5. The van der Waals surface area contributed by atoms with Crippen LogP contribution in [0.5, 0.6) is 5.75 Å². The number of anilines is 2. The van der Waals surface area contributed by atoms with Gasteiger partial charge in [-0.1, -0.05) is 0 Å². The number of aliphatic hydroxyl groups excluding tert-OH is 1. The molecule has 1 aromatic heterocycles. The van der Waals surface area contributed by atoms with E-state index < -0.39 is 0 Å². The number of nitrogens with zero attached hydrogens (tertiary/aromatic N) is 1. The van der Waals surface area contributed by atoms with Crippen LogP contribution in [0.1, 0.15) is 10.4 Å². The number of carbonyl (C=O) groups is 1. The highest BCUT2D eigenvalue weighted by molar-refractivity contribution is 5.99. The third-order valence-electron chi connectivity index (χ3n) is 2.80. The first kappa shape index (κ1) is 14.8. The fourth-order valence-electron chi connectivity index (χ4n) is 1.76. The minimum atomic E-state index is -0.284. The van der Waals surface area contributed by atoms with E-state index in [0.717, 1.165) is 11.4 Å². The number of methoxy groups -OCH3 is 1. The van der Waals surface area contributed by atoms with Crippen molar-refractivity contribution < 1.29 is 14.6 Å². The summed E-state index contributed by atoms with van der Waals surface area (Å²) in [6, 6.07) is 10.7. The Labute approximate surface area is 122 Å². The van der Waals surface area contributed by atoms with E-state index in [2.05, 4.69) is 15.6 Å². The minimum absolute atomic E-state index is 0.104. The average molecular weight is 287 g/mol. The smallest absolute Gasteiger partial charge is 0.255 e. The predicted molar refractivity (Wildman–Crippen MR) is 79.9 cm³/mol. The van der Waals surface area contributed by atoms with Crippen LogP contribution >= 0.6 is 0 Å². The molecule has 0 saturated carbocycles. The molecule has 1 heterocycles. The molecule has 6 heteroatoms. The van der Waals surface area contributed by atoms with E-state index in [1.54, 1.807) is 25.4 Å². The first-order valence-corrected chi connectivity index (χ1v) is 6.49. The monoisotopic (exact) mass is 287 g/mol. The zero-order valence-corrected chi connectivity index (χ0v) is 11.7. The van der Waals surface area contributed by atoms with Crippen LogP contribution in [0.25, 0.3) is 0 Å². The molecule has 1 amide bonds. The molecule has 110 valence electrons. The van der Waals surface area contributed by atoms with Crippen LogP contribution in [0.15, 0.2) is 42.6 Å². The fraction of sp³-hybridized carbons (Fsp3) is 0.200. The molecule has 3 N–H and O–H groups in total. The van der Waals surface area contributed by atoms with Crippen molar-refractivity contribution in [3.05, 3.63) is 48.2 Å². The Hall–Kier alpha value is -2.60. The number of ether oxygens (including phenoxy) is 1. The number of pyridine rings is 1. The second kappa shape index (κ2) is 7.25. The van der Waals surface area contributed by atoms with Gasteiger partial charge in [0, 0.05) is 18.4 Å². The molecule has 0 radical (unpaired) electrons. The Morgan fingerprint density at radius 1 is 1.29 bits per heavy atom. The first-order valence-electron chi connectivity index (χ1n) is 6.49. The van der Waals surface area contributed by atoms with Gasteiger partial charge in [-0.25, -0.2) is 4.98 Å². The van der Waals surface area contributed by atoms with Gasteiger partial charge >= 0.3 is 0 Å². The number of hydrogen-bond donors (Lipinski definition) is 3. The number of carbonyl (C=O) groups excluding carboxylic acids is 1. The van der Waals surface area contributed by atoms with E-state index in [4.69, 9.17) is 9.84 Å². The van der Waals surface area contributed by atoms with Crippen molar-refractivity contribution >= 4 is 17.4 Å². The highest BCUT2D eigenvalue weighted by atomic mass is 16.5. The Morgan fingerprint density at radius 3 is 2.71 bits per heavy atom. The molecule has 0 atom stereocenters. The molecule has 21 heavy (non-hydrogen) atoms. The number of nitrogens with one attached hydrogen (secondary N) is 2. The van der Waals surface area contributed by atoms with Crippen LogP contribution in [-0.4, -0.2) is 36.3 Å². The molecule has 0 aliphatic heterocycles. The Morgan fingerprint density at radius 2 is 2.05 bits per heavy atom. The van der Waals surface area contributed by atoms with Crippen molar-refractivity contribution in [3.63, 3.8) is 0 Å². The summed E-state index contributed by atoms with van der Waals surface area (Å²) in [6.07, 6.45) is 1.61. The molecule has 2 rings (SSSR count). The van der Waals surface area contributed by atoms with Gasteiger partial charge in [0.15, 0.2) is 0 Å². The number of benzene rings is 1. The summed E-state index contributed by atoms with van der Waals surface area (Å²) in [5, 5.41) is 14.5. The molecule has 1 aromatic carbocycles. The van der Waals surface area contributed by atoms with Crippen molar-refractivity contribution in [2.24, 2.45) is 0 Å². The summed E-state index contributed by atoms with van der Waals surface area (Å²) < 4.78 is 5.09. The van der Waals surface area contributed by atoms with Gasteiger partial charge in [0.2, 0.25) is 0 Å². The molecule has 0 unspecified atom stereocenters. The van der Waals surface area contributed by atoms with Crippen molar-refractivity contribution in [1.29, 1.82) is 0 Å². The number of amides is 1. The highest BCUT2D eigenvalue weighted by Gasteiger charge is 2.11. The van der Waals surface area contributed by atoms with E-state index in [1.807, 2.05) is 24.3 Å². The predicted octanol–water partition coefficient (Wildman–Crippen LogP) is 1.56. The van der Waals surface area contributed by atoms with E-state index >= 15 is 0 Å². The molecule has 0 spiro atoms. The summed E-state index contributed by atoms with van der Waals surface area (Å²) in [4.78, 5) is 16.2. The lowest BCUT2D eigenvalue weighted by molar-refractivity contribution is 0.0945. The first-order chi connectivity index (χ1) is 10.2. The Kier molecular flexibility index (Phi) is 5.11. The van der Waals surface area contributed by atoms with E-state index in [-0.39, 0.29) is 19.1 Å². The van der Waals surface area contributed by atoms with Crippen molar-refractivity contribution in [3.8, 4) is 5.75 Å². The average Bonchev–Trinajstić information content (AvgIpc) is 2.54. The number of aromatic nitrogens is 1. The topological polar surface area (TPSA) is 83.5 Å². The third-order valence-corrected chi connectivity index (χ3v) is 2.80. The molecule has 0 bridgehead atoms. The van der Waals surface area contributed by atoms with Crippen LogP contribution in [0.2, 0.25) is 0 Å². The second-order valence-corrected chi connectivity index (χ2v) is 4.23.